The summed E-state index contributed by atoms with van der Waals surface area (Å²) < 4.78 is 11.9. The molecule has 3 aromatic rings. The van der Waals surface area contributed by atoms with Gasteiger partial charge in [-0.3, -0.25) is 4.98 Å². The molecule has 2 aromatic carbocycles. The fraction of sp³-hybridized carbons (Fsp3) is 0.190. The first-order valence-electron chi connectivity index (χ1n) is 8.37. The second-order valence-electron chi connectivity index (χ2n) is 6.09. The van der Waals surface area contributed by atoms with Crippen LogP contribution in [0, 0.1) is 0 Å². The molecule has 26 heavy (non-hydrogen) atoms. The standard InChI is InChI=1S/C21H21NO2S2/c1-21(20-14-8-9-15-22-20,16-23-25-18-10-4-2-5-11-18)17-24-26-19-12-6-3-7-13-19/h2-15H,16-17H2,1H3. The maximum absolute atomic E-state index is 5.93. The Kier molecular flexibility index (Phi) is 7.14. The normalized spacial score (nSPS) is 11.4. The number of nitrogens with zero attached hydrogens (tertiary/aromatic N) is 1. The van der Waals surface area contributed by atoms with Gasteiger partial charge in [0.2, 0.25) is 0 Å². The van der Waals surface area contributed by atoms with E-state index in [-0.39, 0.29) is 5.41 Å². The van der Waals surface area contributed by atoms with Crippen LogP contribution in [0.4, 0.5) is 0 Å². The van der Waals surface area contributed by atoms with Crippen LogP contribution in [0.15, 0.2) is 94.9 Å². The second kappa shape index (κ2) is 9.78. The van der Waals surface area contributed by atoms with Gasteiger partial charge < -0.3 is 8.37 Å². The summed E-state index contributed by atoms with van der Waals surface area (Å²) in [4.78, 5) is 6.68. The Labute approximate surface area is 163 Å². The lowest BCUT2D eigenvalue weighted by atomic mass is 9.88. The highest BCUT2D eigenvalue weighted by Crippen LogP contribution is 2.30. The summed E-state index contributed by atoms with van der Waals surface area (Å²) in [5.41, 5.74) is 0.618. The van der Waals surface area contributed by atoms with Gasteiger partial charge in [-0.15, -0.1) is 0 Å². The van der Waals surface area contributed by atoms with E-state index in [4.69, 9.17) is 8.37 Å². The largest absolute Gasteiger partial charge is 0.309 e. The highest BCUT2D eigenvalue weighted by molar-refractivity contribution is 7.95. The maximum Gasteiger partial charge on any atom is 0.0750 e. The van der Waals surface area contributed by atoms with Gasteiger partial charge in [-0.1, -0.05) is 42.5 Å². The van der Waals surface area contributed by atoms with Gasteiger partial charge in [-0.2, -0.15) is 0 Å². The Morgan fingerprint density at radius 1 is 0.731 bits per heavy atom. The number of hydrogen-bond donors (Lipinski definition) is 0. The van der Waals surface area contributed by atoms with Crippen LogP contribution in [-0.2, 0) is 13.8 Å². The lowest BCUT2D eigenvalue weighted by Gasteiger charge is -2.27. The molecule has 1 heterocycles. The highest BCUT2D eigenvalue weighted by atomic mass is 32.2. The van der Waals surface area contributed by atoms with Crippen molar-refractivity contribution in [2.24, 2.45) is 0 Å². The molecule has 0 N–H and O–H groups in total. The molecule has 0 aliphatic carbocycles. The van der Waals surface area contributed by atoms with Crippen molar-refractivity contribution in [2.45, 2.75) is 22.1 Å². The van der Waals surface area contributed by atoms with Crippen molar-refractivity contribution < 1.29 is 8.37 Å². The smallest absolute Gasteiger partial charge is 0.0750 e. The van der Waals surface area contributed by atoms with Gasteiger partial charge >= 0.3 is 0 Å². The molecule has 0 spiro atoms. The van der Waals surface area contributed by atoms with E-state index in [1.54, 1.807) is 0 Å². The van der Waals surface area contributed by atoms with Gasteiger partial charge in [-0.05, 0) is 43.3 Å². The molecule has 0 unspecified atom stereocenters. The number of hydrogen-bond acceptors (Lipinski definition) is 5. The second-order valence-corrected chi connectivity index (χ2v) is 7.84. The van der Waals surface area contributed by atoms with E-state index in [2.05, 4.69) is 11.9 Å². The molecule has 0 amide bonds. The van der Waals surface area contributed by atoms with Crippen molar-refractivity contribution in [1.82, 2.24) is 4.98 Å². The molecule has 134 valence electrons. The van der Waals surface area contributed by atoms with Gasteiger partial charge in [0, 0.05) is 40.1 Å². The Hall–Kier alpha value is -1.79. The Bertz CT molecular complexity index is 724. The third kappa shape index (κ3) is 5.61. The fourth-order valence-corrected chi connectivity index (χ4v) is 3.76. The minimum absolute atomic E-state index is 0.342. The van der Waals surface area contributed by atoms with Crippen molar-refractivity contribution in [3.63, 3.8) is 0 Å². The molecule has 3 nitrogen and oxygen atoms in total. The third-order valence-corrected chi connectivity index (χ3v) is 5.24. The van der Waals surface area contributed by atoms with Gasteiger partial charge in [0.1, 0.15) is 0 Å². The fourth-order valence-electron chi connectivity index (χ4n) is 2.32. The molecule has 1 aromatic heterocycles. The zero-order chi connectivity index (χ0) is 18.1. The molecule has 0 saturated carbocycles. The van der Waals surface area contributed by atoms with Gasteiger partial charge in [-0.25, -0.2) is 0 Å². The third-order valence-electron chi connectivity index (χ3n) is 3.83. The predicted molar refractivity (Wildman–Crippen MR) is 108 cm³/mol. The van der Waals surface area contributed by atoms with E-state index in [0.717, 1.165) is 15.5 Å². The first-order valence-corrected chi connectivity index (χ1v) is 9.85. The number of aromatic nitrogens is 1. The zero-order valence-electron chi connectivity index (χ0n) is 14.6. The average molecular weight is 384 g/mol. The summed E-state index contributed by atoms with van der Waals surface area (Å²) in [7, 11) is 0. The SMILES string of the molecule is CC(COSc1ccccc1)(COSc1ccccc1)c1ccccn1. The molecule has 0 bridgehead atoms. The van der Waals surface area contributed by atoms with Crippen molar-refractivity contribution in [2.75, 3.05) is 13.2 Å². The van der Waals surface area contributed by atoms with E-state index in [0.29, 0.717) is 13.2 Å². The molecule has 0 aliphatic rings. The average Bonchev–Trinajstić information content (AvgIpc) is 2.70. The Morgan fingerprint density at radius 3 is 1.69 bits per heavy atom. The van der Waals surface area contributed by atoms with Gasteiger partial charge in [0.15, 0.2) is 0 Å². The topological polar surface area (TPSA) is 31.4 Å². The van der Waals surface area contributed by atoms with Crippen LogP contribution in [0.1, 0.15) is 12.6 Å². The Balaban J connectivity index is 1.62. The summed E-state index contributed by atoms with van der Waals surface area (Å²) in [6.07, 6.45) is 1.81. The number of pyridine rings is 1. The minimum atomic E-state index is -0.342. The zero-order valence-corrected chi connectivity index (χ0v) is 16.2. The highest BCUT2D eigenvalue weighted by Gasteiger charge is 2.30. The summed E-state index contributed by atoms with van der Waals surface area (Å²) in [6, 6.07) is 26.1. The quantitative estimate of drug-likeness (QED) is 0.437. The summed E-state index contributed by atoms with van der Waals surface area (Å²) in [5, 5.41) is 0. The monoisotopic (exact) mass is 383 g/mol. The molecule has 0 radical (unpaired) electrons. The maximum atomic E-state index is 5.93. The van der Waals surface area contributed by atoms with Crippen molar-refractivity contribution in [1.29, 1.82) is 0 Å². The van der Waals surface area contributed by atoms with Crippen LogP contribution in [0.3, 0.4) is 0 Å². The summed E-state index contributed by atoms with van der Waals surface area (Å²) in [5.74, 6) is 0. The summed E-state index contributed by atoms with van der Waals surface area (Å²) in [6.45, 7) is 3.12. The van der Waals surface area contributed by atoms with Gasteiger partial charge in [0.05, 0.1) is 24.3 Å². The number of benzene rings is 2. The lowest BCUT2D eigenvalue weighted by molar-refractivity contribution is 0.183. The lowest BCUT2D eigenvalue weighted by Crippen LogP contribution is -2.33. The van der Waals surface area contributed by atoms with Crippen LogP contribution in [0.2, 0.25) is 0 Å². The first kappa shape index (κ1) is 19.0. The molecular weight excluding hydrogens is 362 g/mol. The van der Waals surface area contributed by atoms with Crippen LogP contribution in [-0.4, -0.2) is 18.2 Å². The minimum Gasteiger partial charge on any atom is -0.309 e. The molecule has 0 atom stereocenters. The predicted octanol–water partition coefficient (Wildman–Crippen LogP) is 5.79. The van der Waals surface area contributed by atoms with E-state index >= 15 is 0 Å². The summed E-state index contributed by atoms with van der Waals surface area (Å²) >= 11 is 2.76. The van der Waals surface area contributed by atoms with Crippen molar-refractivity contribution in [3.8, 4) is 0 Å². The first-order chi connectivity index (χ1) is 12.8. The van der Waals surface area contributed by atoms with Crippen molar-refractivity contribution in [3.05, 3.63) is 90.8 Å². The molecular formula is C21H21NO2S2. The molecule has 5 heteroatoms. The van der Waals surface area contributed by atoms with E-state index < -0.39 is 0 Å². The molecule has 0 aliphatic heterocycles. The van der Waals surface area contributed by atoms with E-state index in [9.17, 15) is 0 Å². The van der Waals surface area contributed by atoms with Crippen LogP contribution in [0.5, 0.6) is 0 Å². The van der Waals surface area contributed by atoms with E-state index in [1.165, 1.54) is 24.1 Å². The van der Waals surface area contributed by atoms with Crippen LogP contribution < -0.4 is 0 Å². The van der Waals surface area contributed by atoms with Crippen LogP contribution >= 0.6 is 24.1 Å². The molecule has 0 fully saturated rings. The van der Waals surface area contributed by atoms with Crippen LogP contribution in [0.25, 0.3) is 0 Å². The molecule has 3 rings (SSSR count). The Morgan fingerprint density at radius 2 is 1.23 bits per heavy atom. The van der Waals surface area contributed by atoms with Gasteiger partial charge in [0.25, 0.3) is 0 Å². The van der Waals surface area contributed by atoms with Crippen molar-refractivity contribution >= 4 is 24.1 Å². The number of rotatable bonds is 9. The van der Waals surface area contributed by atoms with E-state index in [1.807, 2.05) is 85.1 Å². The molecule has 0 saturated heterocycles.